The van der Waals surface area contributed by atoms with E-state index in [9.17, 15) is 5.11 Å². The van der Waals surface area contributed by atoms with Gasteiger partial charge < -0.3 is 14.7 Å². The quantitative estimate of drug-likeness (QED) is 0.889. The lowest BCUT2D eigenvalue weighted by Gasteiger charge is -2.25. The van der Waals surface area contributed by atoms with Crippen molar-refractivity contribution in [3.8, 4) is 5.75 Å². The third kappa shape index (κ3) is 3.74. The fourth-order valence-electron chi connectivity index (χ4n) is 2.15. The number of aliphatic hydroxyl groups is 1. The Morgan fingerprint density at radius 1 is 1.33 bits per heavy atom. The summed E-state index contributed by atoms with van der Waals surface area (Å²) in [6, 6.07) is 8.36. The van der Waals surface area contributed by atoms with Crippen LogP contribution in [0.4, 0.5) is 5.13 Å². The molecule has 0 saturated carbocycles. The van der Waals surface area contributed by atoms with E-state index in [1.54, 1.807) is 25.4 Å². The Kier molecular flexibility index (Phi) is 5.20. The molecule has 0 amide bonds. The number of thiazole rings is 1. The third-order valence-electron chi connectivity index (χ3n) is 3.61. The van der Waals surface area contributed by atoms with Crippen molar-refractivity contribution in [2.75, 3.05) is 19.1 Å². The van der Waals surface area contributed by atoms with Gasteiger partial charge in [-0.2, -0.15) is 0 Å². The number of hydrogen-bond donors (Lipinski definition) is 1. The molecule has 114 valence electrons. The molecule has 5 heteroatoms. The Bertz CT molecular complexity index is 583. The van der Waals surface area contributed by atoms with Crippen molar-refractivity contribution >= 4 is 16.5 Å². The Hall–Kier alpha value is -1.59. The summed E-state index contributed by atoms with van der Waals surface area (Å²) in [5, 5.41) is 12.4. The topological polar surface area (TPSA) is 45.6 Å². The molecule has 0 bridgehead atoms. The third-order valence-corrected chi connectivity index (χ3v) is 4.56. The van der Waals surface area contributed by atoms with E-state index in [0.717, 1.165) is 23.0 Å². The van der Waals surface area contributed by atoms with Crippen molar-refractivity contribution in [1.29, 1.82) is 0 Å². The summed E-state index contributed by atoms with van der Waals surface area (Å²) in [7, 11) is 3.73. The lowest BCUT2D eigenvalue weighted by Crippen LogP contribution is -2.30. The first-order valence-electron chi connectivity index (χ1n) is 7.01. The first-order chi connectivity index (χ1) is 10.0. The molecule has 1 heterocycles. The van der Waals surface area contributed by atoms with Crippen LogP contribution in [0.25, 0.3) is 0 Å². The van der Waals surface area contributed by atoms with Gasteiger partial charge in [0.05, 0.1) is 18.9 Å². The molecule has 0 aliphatic rings. The second-order valence-corrected chi connectivity index (χ2v) is 6.04. The smallest absolute Gasteiger partial charge is 0.185 e. The van der Waals surface area contributed by atoms with Gasteiger partial charge in [0.15, 0.2) is 5.13 Å². The van der Waals surface area contributed by atoms with Crippen molar-refractivity contribution in [3.05, 3.63) is 40.9 Å². The zero-order valence-corrected chi connectivity index (χ0v) is 13.7. The Labute approximate surface area is 130 Å². The molecule has 2 atom stereocenters. The maximum atomic E-state index is 9.57. The van der Waals surface area contributed by atoms with E-state index in [-0.39, 0.29) is 6.04 Å². The van der Waals surface area contributed by atoms with Crippen LogP contribution in [0.3, 0.4) is 0 Å². The van der Waals surface area contributed by atoms with E-state index < -0.39 is 6.10 Å². The van der Waals surface area contributed by atoms with Crippen LogP contribution in [0.2, 0.25) is 0 Å². The summed E-state index contributed by atoms with van der Waals surface area (Å²) < 4.78 is 5.40. The maximum absolute atomic E-state index is 9.57. The molecule has 1 aromatic heterocycles. The Balaban J connectivity index is 2.09. The molecular weight excluding hydrogens is 284 g/mol. The maximum Gasteiger partial charge on any atom is 0.185 e. The molecular formula is C16H22N2O2S. The summed E-state index contributed by atoms with van der Waals surface area (Å²) in [5.41, 5.74) is 1.91. The lowest BCUT2D eigenvalue weighted by molar-refractivity contribution is 0.195. The minimum atomic E-state index is -0.520. The molecule has 2 unspecified atom stereocenters. The van der Waals surface area contributed by atoms with Crippen LogP contribution >= 0.6 is 11.3 Å². The van der Waals surface area contributed by atoms with Crippen LogP contribution in [0, 0.1) is 0 Å². The van der Waals surface area contributed by atoms with Gasteiger partial charge in [0, 0.05) is 18.5 Å². The predicted octanol–water partition coefficient (Wildman–Crippen LogP) is 3.27. The number of methoxy groups -OCH3 is 1. The Morgan fingerprint density at radius 2 is 2.05 bits per heavy atom. The van der Waals surface area contributed by atoms with Crippen LogP contribution in [-0.4, -0.2) is 30.3 Å². The average Bonchev–Trinajstić information content (AvgIpc) is 2.97. The van der Waals surface area contributed by atoms with E-state index in [1.165, 1.54) is 5.56 Å². The van der Waals surface area contributed by atoms with Crippen LogP contribution in [0.15, 0.2) is 29.6 Å². The monoisotopic (exact) mass is 306 g/mol. The second kappa shape index (κ2) is 6.91. The molecule has 0 aliphatic heterocycles. The highest BCUT2D eigenvalue weighted by molar-refractivity contribution is 7.13. The van der Waals surface area contributed by atoms with E-state index in [1.807, 2.05) is 30.6 Å². The standard InChI is InChI=1S/C16H22N2O2S/c1-11(9-13-7-5-6-8-15(13)20-4)18(3)16-17-14(10-21-16)12(2)19/h5-8,10-12,19H,9H2,1-4H3. The number of rotatable bonds is 6. The van der Waals surface area contributed by atoms with Crippen LogP contribution < -0.4 is 9.64 Å². The number of hydrogen-bond acceptors (Lipinski definition) is 5. The first kappa shape index (κ1) is 15.8. The van der Waals surface area contributed by atoms with Gasteiger partial charge in [-0.3, -0.25) is 0 Å². The van der Waals surface area contributed by atoms with Gasteiger partial charge in [-0.05, 0) is 31.9 Å². The van der Waals surface area contributed by atoms with Crippen molar-refractivity contribution in [3.63, 3.8) is 0 Å². The fourth-order valence-corrected chi connectivity index (χ4v) is 3.13. The van der Waals surface area contributed by atoms with Gasteiger partial charge in [-0.25, -0.2) is 4.98 Å². The number of ether oxygens (including phenoxy) is 1. The predicted molar refractivity (Wildman–Crippen MR) is 87.3 cm³/mol. The minimum absolute atomic E-state index is 0.286. The van der Waals surface area contributed by atoms with Crippen LogP contribution in [0.1, 0.15) is 31.2 Å². The summed E-state index contributed by atoms with van der Waals surface area (Å²) in [4.78, 5) is 6.62. The van der Waals surface area contributed by atoms with E-state index >= 15 is 0 Å². The van der Waals surface area contributed by atoms with Crippen molar-refractivity contribution in [2.45, 2.75) is 32.4 Å². The second-order valence-electron chi connectivity index (χ2n) is 5.21. The minimum Gasteiger partial charge on any atom is -0.496 e. The number of anilines is 1. The van der Waals surface area contributed by atoms with Gasteiger partial charge in [-0.1, -0.05) is 18.2 Å². The molecule has 4 nitrogen and oxygen atoms in total. The number of aliphatic hydroxyl groups excluding tert-OH is 1. The summed E-state index contributed by atoms with van der Waals surface area (Å²) >= 11 is 1.56. The molecule has 1 aromatic carbocycles. The largest absolute Gasteiger partial charge is 0.496 e. The fraction of sp³-hybridized carbons (Fsp3) is 0.438. The number of para-hydroxylation sites is 1. The zero-order chi connectivity index (χ0) is 15.4. The average molecular weight is 306 g/mol. The summed E-state index contributed by atoms with van der Waals surface area (Å²) in [6.07, 6.45) is 0.359. The number of likely N-dealkylation sites (N-methyl/N-ethyl adjacent to an activating group) is 1. The lowest BCUT2D eigenvalue weighted by atomic mass is 10.1. The van der Waals surface area contributed by atoms with Gasteiger partial charge >= 0.3 is 0 Å². The molecule has 0 aliphatic carbocycles. The van der Waals surface area contributed by atoms with Crippen molar-refractivity contribution in [2.24, 2.45) is 0 Å². The molecule has 0 fully saturated rings. The van der Waals surface area contributed by atoms with E-state index in [0.29, 0.717) is 0 Å². The van der Waals surface area contributed by atoms with Crippen molar-refractivity contribution < 1.29 is 9.84 Å². The highest BCUT2D eigenvalue weighted by atomic mass is 32.1. The SMILES string of the molecule is COc1ccccc1CC(C)N(C)c1nc(C(C)O)cs1. The van der Waals surface area contributed by atoms with Gasteiger partial charge in [0.25, 0.3) is 0 Å². The number of benzene rings is 1. The van der Waals surface area contributed by atoms with Gasteiger partial charge in [0.2, 0.25) is 0 Å². The normalized spacial score (nSPS) is 13.8. The van der Waals surface area contributed by atoms with Gasteiger partial charge in [-0.15, -0.1) is 11.3 Å². The van der Waals surface area contributed by atoms with Crippen LogP contribution in [0.5, 0.6) is 5.75 Å². The zero-order valence-electron chi connectivity index (χ0n) is 12.9. The molecule has 21 heavy (non-hydrogen) atoms. The highest BCUT2D eigenvalue weighted by Gasteiger charge is 2.17. The van der Waals surface area contributed by atoms with Gasteiger partial charge in [0.1, 0.15) is 5.75 Å². The summed E-state index contributed by atoms with van der Waals surface area (Å²) in [6.45, 7) is 3.90. The number of aromatic nitrogens is 1. The molecule has 0 spiro atoms. The molecule has 0 saturated heterocycles. The van der Waals surface area contributed by atoms with E-state index in [4.69, 9.17) is 4.74 Å². The summed E-state index contributed by atoms with van der Waals surface area (Å²) in [5.74, 6) is 0.918. The molecule has 2 aromatic rings. The van der Waals surface area contributed by atoms with Crippen LogP contribution in [-0.2, 0) is 6.42 Å². The molecule has 2 rings (SSSR count). The molecule has 1 N–H and O–H groups in total. The molecule has 0 radical (unpaired) electrons. The number of nitrogens with zero attached hydrogens (tertiary/aromatic N) is 2. The van der Waals surface area contributed by atoms with Crippen molar-refractivity contribution in [1.82, 2.24) is 4.98 Å². The van der Waals surface area contributed by atoms with E-state index in [2.05, 4.69) is 22.9 Å². The Morgan fingerprint density at radius 3 is 2.67 bits per heavy atom. The highest BCUT2D eigenvalue weighted by Crippen LogP contribution is 2.26. The first-order valence-corrected chi connectivity index (χ1v) is 7.89.